The Balaban J connectivity index is 1.61. The fraction of sp³-hybridized carbons (Fsp3) is 0.647. The molecule has 0 atom stereocenters. The summed E-state index contributed by atoms with van der Waals surface area (Å²) in [5, 5.41) is 4.88. The molecule has 2 rings (SSSR count). The molecule has 4 heteroatoms. The minimum Gasteiger partial charge on any atom is -0.313 e. The molecule has 0 saturated heterocycles. The van der Waals surface area contributed by atoms with Crippen LogP contribution < -0.4 is 5.32 Å². The van der Waals surface area contributed by atoms with Gasteiger partial charge in [0, 0.05) is 22.6 Å². The van der Waals surface area contributed by atoms with Crippen molar-refractivity contribution in [2.45, 2.75) is 51.1 Å². The summed E-state index contributed by atoms with van der Waals surface area (Å²) in [5.41, 5.74) is 1.15. The number of halogens is 2. The molecule has 0 spiro atoms. The molecule has 1 N–H and O–H groups in total. The van der Waals surface area contributed by atoms with Crippen LogP contribution >= 0.6 is 23.2 Å². The summed E-state index contributed by atoms with van der Waals surface area (Å²) >= 11 is 12.0. The number of hydrogen-bond acceptors (Lipinski definition) is 2. The third kappa shape index (κ3) is 6.15. The second-order valence-electron chi connectivity index (χ2n) is 6.08. The van der Waals surface area contributed by atoms with Crippen LogP contribution in [0.15, 0.2) is 18.2 Å². The Morgan fingerprint density at radius 2 is 1.76 bits per heavy atom. The van der Waals surface area contributed by atoms with E-state index in [1.54, 1.807) is 6.07 Å². The zero-order valence-corrected chi connectivity index (χ0v) is 14.4. The van der Waals surface area contributed by atoms with E-state index in [2.05, 4.69) is 17.3 Å². The molecule has 0 aliphatic heterocycles. The predicted molar refractivity (Wildman–Crippen MR) is 92.3 cm³/mol. The number of hydrogen-bond donors (Lipinski definition) is 1. The van der Waals surface area contributed by atoms with Crippen molar-refractivity contribution in [2.75, 3.05) is 20.1 Å². The minimum atomic E-state index is 0.705. The molecular formula is C17H26Cl2N2. The Morgan fingerprint density at radius 1 is 1.10 bits per heavy atom. The Labute approximate surface area is 138 Å². The average Bonchev–Trinajstić information content (AvgIpc) is 2.46. The molecule has 0 heterocycles. The highest BCUT2D eigenvalue weighted by Gasteiger charge is 2.16. The van der Waals surface area contributed by atoms with Gasteiger partial charge in [0.25, 0.3) is 0 Å². The molecule has 2 nitrogen and oxygen atoms in total. The molecule has 0 aromatic heterocycles. The van der Waals surface area contributed by atoms with Crippen LogP contribution in [0.2, 0.25) is 10.0 Å². The van der Waals surface area contributed by atoms with Gasteiger partial charge in [0.05, 0.1) is 0 Å². The van der Waals surface area contributed by atoms with Crippen LogP contribution in [0.4, 0.5) is 0 Å². The van der Waals surface area contributed by atoms with E-state index in [1.165, 1.54) is 45.1 Å². The quantitative estimate of drug-likeness (QED) is 0.727. The summed E-state index contributed by atoms with van der Waals surface area (Å²) in [6, 6.07) is 6.51. The monoisotopic (exact) mass is 328 g/mol. The van der Waals surface area contributed by atoms with Crippen molar-refractivity contribution in [1.29, 1.82) is 0 Å². The predicted octanol–water partition coefficient (Wildman–Crippen LogP) is 4.74. The molecule has 1 aromatic carbocycles. The third-order valence-corrected chi connectivity index (χ3v) is 4.75. The second kappa shape index (κ2) is 8.99. The van der Waals surface area contributed by atoms with Gasteiger partial charge in [0.1, 0.15) is 0 Å². The van der Waals surface area contributed by atoms with E-state index in [-0.39, 0.29) is 0 Å². The highest BCUT2D eigenvalue weighted by Crippen LogP contribution is 2.21. The fourth-order valence-corrected chi connectivity index (χ4v) is 3.67. The normalized spacial score (nSPS) is 16.6. The van der Waals surface area contributed by atoms with Crippen LogP contribution in [-0.2, 0) is 6.54 Å². The van der Waals surface area contributed by atoms with Crippen molar-refractivity contribution in [1.82, 2.24) is 10.2 Å². The maximum atomic E-state index is 6.00. The molecule has 1 aliphatic carbocycles. The maximum absolute atomic E-state index is 6.00. The first-order valence-corrected chi connectivity index (χ1v) is 8.76. The summed E-state index contributed by atoms with van der Waals surface area (Å²) in [6.07, 6.45) is 8.18. The minimum absolute atomic E-state index is 0.705. The lowest BCUT2D eigenvalue weighted by atomic mass is 9.94. The highest BCUT2D eigenvalue weighted by atomic mass is 35.5. The zero-order valence-electron chi connectivity index (χ0n) is 12.9. The van der Waals surface area contributed by atoms with Crippen LogP contribution in [0, 0.1) is 0 Å². The van der Waals surface area contributed by atoms with Gasteiger partial charge >= 0.3 is 0 Å². The van der Waals surface area contributed by atoms with E-state index in [0.717, 1.165) is 24.7 Å². The number of nitrogens with zero attached hydrogens (tertiary/aromatic N) is 1. The van der Waals surface area contributed by atoms with Crippen molar-refractivity contribution >= 4 is 23.2 Å². The third-order valence-electron chi connectivity index (χ3n) is 4.31. The molecular weight excluding hydrogens is 303 g/mol. The smallest absolute Gasteiger partial charge is 0.0424 e. The number of rotatable bonds is 7. The summed E-state index contributed by atoms with van der Waals surface area (Å²) in [6.45, 7) is 3.03. The first kappa shape index (κ1) is 17.1. The van der Waals surface area contributed by atoms with Gasteiger partial charge in [-0.2, -0.15) is 0 Å². The lowest BCUT2D eigenvalue weighted by Crippen LogP contribution is -2.35. The van der Waals surface area contributed by atoms with Crippen LogP contribution in [0.3, 0.4) is 0 Å². The zero-order chi connectivity index (χ0) is 15.1. The molecule has 0 bridgehead atoms. The Morgan fingerprint density at radius 3 is 2.43 bits per heavy atom. The maximum Gasteiger partial charge on any atom is 0.0424 e. The largest absolute Gasteiger partial charge is 0.313 e. The standard InChI is InChI=1S/C17H26Cl2N2/c1-21(17-6-3-2-4-7-17)9-5-8-20-13-14-10-15(18)12-16(19)11-14/h10-12,17,20H,2-9,13H2,1H3. The first-order valence-electron chi connectivity index (χ1n) is 8.01. The Hall–Kier alpha value is -0.280. The lowest BCUT2D eigenvalue weighted by molar-refractivity contribution is 0.189. The van der Waals surface area contributed by atoms with Gasteiger partial charge in [-0.15, -0.1) is 0 Å². The van der Waals surface area contributed by atoms with E-state index in [0.29, 0.717) is 10.0 Å². The average molecular weight is 329 g/mol. The van der Waals surface area contributed by atoms with Gasteiger partial charge in [-0.05, 0) is 63.2 Å². The summed E-state index contributed by atoms with van der Waals surface area (Å²) in [5.74, 6) is 0. The lowest BCUT2D eigenvalue weighted by Gasteiger charge is -2.31. The summed E-state index contributed by atoms with van der Waals surface area (Å²) < 4.78 is 0. The molecule has 1 saturated carbocycles. The topological polar surface area (TPSA) is 15.3 Å². The van der Waals surface area contributed by atoms with E-state index in [4.69, 9.17) is 23.2 Å². The van der Waals surface area contributed by atoms with Crippen molar-refractivity contribution < 1.29 is 0 Å². The van der Waals surface area contributed by atoms with Gasteiger partial charge in [0.2, 0.25) is 0 Å². The van der Waals surface area contributed by atoms with Crippen LogP contribution in [-0.4, -0.2) is 31.1 Å². The Bertz CT molecular complexity index is 411. The van der Waals surface area contributed by atoms with Gasteiger partial charge in [-0.1, -0.05) is 42.5 Å². The molecule has 0 radical (unpaired) electrons. The van der Waals surface area contributed by atoms with Crippen LogP contribution in [0.25, 0.3) is 0 Å². The fourth-order valence-electron chi connectivity index (χ4n) is 3.10. The van der Waals surface area contributed by atoms with Crippen molar-refractivity contribution in [2.24, 2.45) is 0 Å². The molecule has 0 amide bonds. The van der Waals surface area contributed by atoms with E-state index in [1.807, 2.05) is 12.1 Å². The molecule has 1 aliphatic rings. The highest BCUT2D eigenvalue weighted by molar-refractivity contribution is 6.34. The Kier molecular flexibility index (Phi) is 7.31. The first-order chi connectivity index (χ1) is 10.1. The van der Waals surface area contributed by atoms with Gasteiger partial charge < -0.3 is 10.2 Å². The molecule has 1 fully saturated rings. The van der Waals surface area contributed by atoms with Gasteiger partial charge in [0.15, 0.2) is 0 Å². The summed E-state index contributed by atoms with van der Waals surface area (Å²) in [7, 11) is 2.27. The molecule has 0 unspecified atom stereocenters. The van der Waals surface area contributed by atoms with Crippen molar-refractivity contribution in [3.63, 3.8) is 0 Å². The number of benzene rings is 1. The molecule has 118 valence electrons. The van der Waals surface area contributed by atoms with Gasteiger partial charge in [-0.25, -0.2) is 0 Å². The van der Waals surface area contributed by atoms with Gasteiger partial charge in [-0.3, -0.25) is 0 Å². The number of nitrogens with one attached hydrogen (secondary N) is 1. The van der Waals surface area contributed by atoms with Crippen LogP contribution in [0.1, 0.15) is 44.1 Å². The van der Waals surface area contributed by atoms with E-state index >= 15 is 0 Å². The SMILES string of the molecule is CN(CCCNCc1cc(Cl)cc(Cl)c1)C1CCCCC1. The van der Waals surface area contributed by atoms with E-state index < -0.39 is 0 Å². The van der Waals surface area contributed by atoms with Crippen molar-refractivity contribution in [3.8, 4) is 0 Å². The summed E-state index contributed by atoms with van der Waals surface area (Å²) in [4.78, 5) is 2.54. The van der Waals surface area contributed by atoms with Crippen LogP contribution in [0.5, 0.6) is 0 Å². The second-order valence-corrected chi connectivity index (χ2v) is 6.95. The van der Waals surface area contributed by atoms with Crippen molar-refractivity contribution in [3.05, 3.63) is 33.8 Å². The molecule has 21 heavy (non-hydrogen) atoms. The molecule has 1 aromatic rings. The van der Waals surface area contributed by atoms with E-state index in [9.17, 15) is 0 Å².